The molecule has 0 bridgehead atoms. The first-order valence-corrected chi connectivity index (χ1v) is 8.24. The highest BCUT2D eigenvalue weighted by Crippen LogP contribution is 2.32. The highest BCUT2D eigenvalue weighted by Gasteiger charge is 2.28. The van der Waals surface area contributed by atoms with Crippen molar-refractivity contribution in [1.82, 2.24) is 5.32 Å². The van der Waals surface area contributed by atoms with E-state index in [1.165, 1.54) is 36.8 Å². The van der Waals surface area contributed by atoms with E-state index < -0.39 is 0 Å². The molecule has 1 heteroatoms. The summed E-state index contributed by atoms with van der Waals surface area (Å²) in [5.41, 5.74) is 2.73. The Hall–Kier alpha value is -1.60. The molecule has 0 amide bonds. The monoisotopic (exact) mass is 279 g/mol. The van der Waals surface area contributed by atoms with Gasteiger partial charge in [0.2, 0.25) is 0 Å². The molecule has 1 nitrogen and oxygen atoms in total. The van der Waals surface area contributed by atoms with Gasteiger partial charge in [-0.1, -0.05) is 80.4 Å². The van der Waals surface area contributed by atoms with Gasteiger partial charge in [0, 0.05) is 6.04 Å². The van der Waals surface area contributed by atoms with Crippen LogP contribution in [0, 0.1) is 5.92 Å². The maximum atomic E-state index is 3.95. The van der Waals surface area contributed by atoms with Gasteiger partial charge in [-0.3, -0.25) is 0 Å². The molecule has 0 radical (unpaired) electrons. The zero-order valence-corrected chi connectivity index (χ0v) is 12.8. The third-order valence-electron chi connectivity index (χ3n) is 4.83. The van der Waals surface area contributed by atoms with Crippen molar-refractivity contribution in [2.45, 2.75) is 44.7 Å². The molecule has 0 aromatic heterocycles. The van der Waals surface area contributed by atoms with Crippen LogP contribution >= 0.6 is 0 Å². The summed E-state index contributed by atoms with van der Waals surface area (Å²) in [5, 5.41) is 3.95. The van der Waals surface area contributed by atoms with Crippen LogP contribution in [0.25, 0.3) is 0 Å². The van der Waals surface area contributed by atoms with Crippen LogP contribution in [0.5, 0.6) is 0 Å². The summed E-state index contributed by atoms with van der Waals surface area (Å²) in [4.78, 5) is 0. The molecule has 0 saturated heterocycles. The number of benzene rings is 2. The van der Waals surface area contributed by atoms with E-state index in [0.717, 1.165) is 5.92 Å². The predicted octanol–water partition coefficient (Wildman–Crippen LogP) is 4.94. The molecule has 1 aliphatic carbocycles. The second-order valence-electron chi connectivity index (χ2n) is 6.13. The second-order valence-corrected chi connectivity index (χ2v) is 6.13. The van der Waals surface area contributed by atoms with Gasteiger partial charge in [-0.2, -0.15) is 0 Å². The van der Waals surface area contributed by atoms with Gasteiger partial charge in [-0.15, -0.1) is 0 Å². The van der Waals surface area contributed by atoms with Crippen LogP contribution in [0.3, 0.4) is 0 Å². The molecule has 110 valence electrons. The Morgan fingerprint density at radius 2 is 1.48 bits per heavy atom. The van der Waals surface area contributed by atoms with Crippen molar-refractivity contribution < 1.29 is 0 Å². The summed E-state index contributed by atoms with van der Waals surface area (Å²) < 4.78 is 0. The van der Waals surface area contributed by atoms with Crippen LogP contribution in [0.2, 0.25) is 0 Å². The molecule has 1 aliphatic rings. The maximum Gasteiger partial charge on any atom is 0.0578 e. The Kier molecular flexibility index (Phi) is 4.72. The number of nitrogens with one attached hydrogen (secondary N) is 1. The molecule has 21 heavy (non-hydrogen) atoms. The predicted molar refractivity (Wildman–Crippen MR) is 89.3 cm³/mol. The molecule has 1 fully saturated rings. The summed E-state index contributed by atoms with van der Waals surface area (Å²) in [7, 11) is 0. The van der Waals surface area contributed by atoms with E-state index in [1.807, 2.05) is 0 Å². The molecule has 2 aromatic carbocycles. The minimum atomic E-state index is 0.310. The van der Waals surface area contributed by atoms with E-state index in [9.17, 15) is 0 Å². The normalized spacial score (nSPS) is 21.8. The topological polar surface area (TPSA) is 12.0 Å². The fourth-order valence-electron chi connectivity index (χ4n) is 3.63. The summed E-state index contributed by atoms with van der Waals surface area (Å²) in [6.07, 6.45) is 5.35. The molecule has 1 saturated carbocycles. The van der Waals surface area contributed by atoms with Crippen molar-refractivity contribution in [3.05, 3.63) is 71.8 Å². The summed E-state index contributed by atoms with van der Waals surface area (Å²) in [6.45, 7) is 2.32. The minimum absolute atomic E-state index is 0.310. The van der Waals surface area contributed by atoms with Gasteiger partial charge in [0.15, 0.2) is 0 Å². The van der Waals surface area contributed by atoms with Crippen LogP contribution in [-0.4, -0.2) is 6.04 Å². The van der Waals surface area contributed by atoms with Crippen molar-refractivity contribution >= 4 is 0 Å². The number of hydrogen-bond donors (Lipinski definition) is 1. The molecular weight excluding hydrogens is 254 g/mol. The Bertz CT molecular complexity index is 495. The van der Waals surface area contributed by atoms with Crippen LogP contribution in [0.15, 0.2) is 60.7 Å². The third-order valence-corrected chi connectivity index (χ3v) is 4.83. The van der Waals surface area contributed by atoms with Gasteiger partial charge in [-0.25, -0.2) is 0 Å². The van der Waals surface area contributed by atoms with Gasteiger partial charge in [0.25, 0.3) is 0 Å². The zero-order chi connectivity index (χ0) is 14.5. The number of hydrogen-bond acceptors (Lipinski definition) is 1. The molecule has 0 heterocycles. The van der Waals surface area contributed by atoms with Crippen molar-refractivity contribution in [3.63, 3.8) is 0 Å². The first-order chi connectivity index (χ1) is 10.4. The molecular formula is C20H25N. The molecule has 3 rings (SSSR count). The average Bonchev–Trinajstić information content (AvgIpc) is 3.01. The Morgan fingerprint density at radius 1 is 0.905 bits per heavy atom. The summed E-state index contributed by atoms with van der Waals surface area (Å²) in [5.74, 6) is 0.833. The standard InChI is InChI=1S/C20H25N/c1-2-16-14-9-15-19(16)21-20(17-10-5-3-6-11-17)18-12-7-4-8-13-18/h3-8,10-13,16,19-21H,2,9,14-15H2,1H3. The van der Waals surface area contributed by atoms with E-state index >= 15 is 0 Å². The van der Waals surface area contributed by atoms with Crippen molar-refractivity contribution in [3.8, 4) is 0 Å². The highest BCUT2D eigenvalue weighted by atomic mass is 15.0. The zero-order valence-electron chi connectivity index (χ0n) is 12.8. The Morgan fingerprint density at radius 3 is 2.00 bits per heavy atom. The lowest BCUT2D eigenvalue weighted by molar-refractivity contribution is 0.369. The van der Waals surface area contributed by atoms with E-state index in [-0.39, 0.29) is 0 Å². The Labute approximate surface area is 128 Å². The minimum Gasteiger partial charge on any atom is -0.303 e. The fraction of sp³-hybridized carbons (Fsp3) is 0.400. The molecule has 0 aliphatic heterocycles. The molecule has 1 N–H and O–H groups in total. The lowest BCUT2D eigenvalue weighted by Crippen LogP contribution is -2.36. The fourth-order valence-corrected chi connectivity index (χ4v) is 3.63. The maximum absolute atomic E-state index is 3.95. The van der Waals surface area contributed by atoms with E-state index in [4.69, 9.17) is 0 Å². The lowest BCUT2D eigenvalue weighted by Gasteiger charge is -2.27. The van der Waals surface area contributed by atoms with Crippen LogP contribution in [-0.2, 0) is 0 Å². The summed E-state index contributed by atoms with van der Waals surface area (Å²) in [6, 6.07) is 22.6. The smallest absolute Gasteiger partial charge is 0.0578 e. The van der Waals surface area contributed by atoms with Gasteiger partial charge >= 0.3 is 0 Å². The van der Waals surface area contributed by atoms with Crippen LogP contribution in [0.1, 0.15) is 49.8 Å². The highest BCUT2D eigenvalue weighted by molar-refractivity contribution is 5.31. The van der Waals surface area contributed by atoms with Gasteiger partial charge in [0.1, 0.15) is 0 Å². The summed E-state index contributed by atoms with van der Waals surface area (Å²) >= 11 is 0. The van der Waals surface area contributed by atoms with E-state index in [1.54, 1.807) is 0 Å². The van der Waals surface area contributed by atoms with Crippen molar-refractivity contribution in [1.29, 1.82) is 0 Å². The van der Waals surface area contributed by atoms with Gasteiger partial charge < -0.3 is 5.32 Å². The molecule has 2 unspecified atom stereocenters. The van der Waals surface area contributed by atoms with Gasteiger partial charge in [-0.05, 0) is 29.9 Å². The molecule has 2 aromatic rings. The molecule has 2 atom stereocenters. The SMILES string of the molecule is CCC1CCCC1NC(c1ccccc1)c1ccccc1. The third kappa shape index (κ3) is 3.36. The van der Waals surface area contributed by atoms with Crippen LogP contribution < -0.4 is 5.32 Å². The molecule has 0 spiro atoms. The van der Waals surface area contributed by atoms with E-state index in [2.05, 4.69) is 72.9 Å². The number of rotatable bonds is 5. The van der Waals surface area contributed by atoms with Gasteiger partial charge in [0.05, 0.1) is 6.04 Å². The average molecular weight is 279 g/mol. The quantitative estimate of drug-likeness (QED) is 0.817. The van der Waals surface area contributed by atoms with Crippen molar-refractivity contribution in [2.75, 3.05) is 0 Å². The Balaban J connectivity index is 1.86. The first-order valence-electron chi connectivity index (χ1n) is 8.24. The lowest BCUT2D eigenvalue weighted by atomic mass is 9.94. The van der Waals surface area contributed by atoms with Crippen LogP contribution in [0.4, 0.5) is 0 Å². The first kappa shape index (κ1) is 14.3. The van der Waals surface area contributed by atoms with E-state index in [0.29, 0.717) is 12.1 Å². The largest absolute Gasteiger partial charge is 0.303 e. The van der Waals surface area contributed by atoms with Crippen molar-refractivity contribution in [2.24, 2.45) is 5.92 Å². The second kappa shape index (κ2) is 6.91.